The van der Waals surface area contributed by atoms with Crippen LogP contribution in [0.1, 0.15) is 6.92 Å². The van der Waals surface area contributed by atoms with Crippen LogP contribution in [0.4, 0.5) is 11.8 Å². The predicted octanol–water partition coefficient (Wildman–Crippen LogP) is 0.756. The summed E-state index contributed by atoms with van der Waals surface area (Å²) in [5.74, 6) is 1.01. The van der Waals surface area contributed by atoms with Crippen LogP contribution in [0.15, 0.2) is 31.0 Å². The molecule has 2 heterocycles. The van der Waals surface area contributed by atoms with E-state index in [9.17, 15) is 0 Å². The standard InChI is InChI=1S/C10H14N6/c1-8(6-16-5-4-12-7-16)14-10-13-3-2-9(11)15-10/h2-5,7-8H,6H2,1H3,(H3,11,13,14,15). The van der Waals surface area contributed by atoms with E-state index in [2.05, 4.69) is 20.3 Å². The fraction of sp³-hybridized carbons (Fsp3) is 0.300. The van der Waals surface area contributed by atoms with E-state index >= 15 is 0 Å². The maximum absolute atomic E-state index is 5.56. The van der Waals surface area contributed by atoms with Gasteiger partial charge in [0.1, 0.15) is 5.82 Å². The largest absolute Gasteiger partial charge is 0.384 e. The lowest BCUT2D eigenvalue weighted by atomic mass is 10.3. The first kappa shape index (κ1) is 10.4. The maximum Gasteiger partial charge on any atom is 0.224 e. The van der Waals surface area contributed by atoms with Crippen molar-refractivity contribution >= 4 is 11.8 Å². The molecular formula is C10H14N6. The molecule has 0 saturated heterocycles. The zero-order chi connectivity index (χ0) is 11.4. The quantitative estimate of drug-likeness (QED) is 0.791. The van der Waals surface area contributed by atoms with Gasteiger partial charge in [-0.05, 0) is 13.0 Å². The number of nitrogen functional groups attached to an aromatic ring is 1. The van der Waals surface area contributed by atoms with Gasteiger partial charge in [0.15, 0.2) is 0 Å². The van der Waals surface area contributed by atoms with Crippen LogP contribution in [-0.2, 0) is 6.54 Å². The topological polar surface area (TPSA) is 81.7 Å². The van der Waals surface area contributed by atoms with E-state index in [1.807, 2.05) is 17.7 Å². The molecule has 1 unspecified atom stereocenters. The van der Waals surface area contributed by atoms with Gasteiger partial charge in [-0.1, -0.05) is 0 Å². The lowest BCUT2D eigenvalue weighted by Crippen LogP contribution is -2.22. The van der Waals surface area contributed by atoms with Gasteiger partial charge in [-0.15, -0.1) is 0 Å². The molecule has 6 heteroatoms. The molecule has 0 aliphatic rings. The fourth-order valence-electron chi connectivity index (χ4n) is 1.42. The van der Waals surface area contributed by atoms with Crippen molar-refractivity contribution in [3.63, 3.8) is 0 Å². The van der Waals surface area contributed by atoms with Crippen molar-refractivity contribution in [2.45, 2.75) is 19.5 Å². The maximum atomic E-state index is 5.56. The zero-order valence-electron chi connectivity index (χ0n) is 9.04. The van der Waals surface area contributed by atoms with Crippen molar-refractivity contribution in [3.8, 4) is 0 Å². The van der Waals surface area contributed by atoms with E-state index in [0.717, 1.165) is 6.54 Å². The Morgan fingerprint density at radius 2 is 2.38 bits per heavy atom. The third kappa shape index (κ3) is 2.69. The first-order chi connectivity index (χ1) is 7.74. The monoisotopic (exact) mass is 218 g/mol. The lowest BCUT2D eigenvalue weighted by molar-refractivity contribution is 0.615. The van der Waals surface area contributed by atoms with E-state index < -0.39 is 0 Å². The van der Waals surface area contributed by atoms with Crippen molar-refractivity contribution in [2.24, 2.45) is 0 Å². The van der Waals surface area contributed by atoms with Gasteiger partial charge >= 0.3 is 0 Å². The van der Waals surface area contributed by atoms with Crippen molar-refractivity contribution < 1.29 is 0 Å². The van der Waals surface area contributed by atoms with E-state index in [0.29, 0.717) is 11.8 Å². The molecule has 6 nitrogen and oxygen atoms in total. The van der Waals surface area contributed by atoms with Crippen LogP contribution in [0.2, 0.25) is 0 Å². The highest BCUT2D eigenvalue weighted by Crippen LogP contribution is 2.04. The Bertz CT molecular complexity index is 438. The Morgan fingerprint density at radius 1 is 1.50 bits per heavy atom. The highest BCUT2D eigenvalue weighted by atomic mass is 15.1. The van der Waals surface area contributed by atoms with Crippen LogP contribution >= 0.6 is 0 Å². The average molecular weight is 218 g/mol. The molecule has 2 aromatic rings. The van der Waals surface area contributed by atoms with Crippen molar-refractivity contribution in [3.05, 3.63) is 31.0 Å². The van der Waals surface area contributed by atoms with Crippen molar-refractivity contribution in [1.82, 2.24) is 19.5 Å². The Labute approximate surface area is 93.6 Å². The molecule has 0 aliphatic carbocycles. The third-order valence-electron chi connectivity index (χ3n) is 2.10. The van der Waals surface area contributed by atoms with Gasteiger partial charge in [0.25, 0.3) is 0 Å². The SMILES string of the molecule is CC(Cn1ccnc1)Nc1nccc(N)n1. The summed E-state index contributed by atoms with van der Waals surface area (Å²) in [6.45, 7) is 2.85. The number of nitrogens with zero attached hydrogens (tertiary/aromatic N) is 4. The summed E-state index contributed by atoms with van der Waals surface area (Å²) in [4.78, 5) is 12.1. The number of anilines is 2. The molecule has 16 heavy (non-hydrogen) atoms. The molecule has 0 amide bonds. The molecule has 0 spiro atoms. The normalized spacial score (nSPS) is 12.3. The smallest absolute Gasteiger partial charge is 0.224 e. The number of hydrogen-bond acceptors (Lipinski definition) is 5. The number of nitrogens with one attached hydrogen (secondary N) is 1. The summed E-state index contributed by atoms with van der Waals surface area (Å²) in [5, 5.41) is 3.17. The summed E-state index contributed by atoms with van der Waals surface area (Å²) in [6, 6.07) is 1.86. The van der Waals surface area contributed by atoms with Gasteiger partial charge in [-0.25, -0.2) is 9.97 Å². The molecule has 0 fully saturated rings. The van der Waals surface area contributed by atoms with Gasteiger partial charge in [-0.3, -0.25) is 0 Å². The minimum Gasteiger partial charge on any atom is -0.384 e. The molecule has 0 aromatic carbocycles. The van der Waals surface area contributed by atoms with Crippen molar-refractivity contribution in [1.29, 1.82) is 0 Å². The Kier molecular flexibility index (Phi) is 3.00. The number of rotatable bonds is 4. The Hall–Kier alpha value is -2.11. The molecule has 84 valence electrons. The van der Waals surface area contributed by atoms with Crippen LogP contribution in [0.5, 0.6) is 0 Å². The van der Waals surface area contributed by atoms with E-state index in [-0.39, 0.29) is 6.04 Å². The predicted molar refractivity (Wildman–Crippen MR) is 61.8 cm³/mol. The molecule has 0 radical (unpaired) electrons. The first-order valence-corrected chi connectivity index (χ1v) is 5.05. The fourth-order valence-corrected chi connectivity index (χ4v) is 1.42. The molecule has 2 rings (SSSR count). The average Bonchev–Trinajstić information content (AvgIpc) is 2.70. The Morgan fingerprint density at radius 3 is 3.06 bits per heavy atom. The van der Waals surface area contributed by atoms with Crippen LogP contribution in [0, 0.1) is 0 Å². The van der Waals surface area contributed by atoms with Gasteiger partial charge in [0, 0.05) is 31.2 Å². The number of imidazole rings is 1. The van der Waals surface area contributed by atoms with Gasteiger partial charge < -0.3 is 15.6 Å². The van der Waals surface area contributed by atoms with Crippen LogP contribution < -0.4 is 11.1 Å². The minimum atomic E-state index is 0.205. The zero-order valence-corrected chi connectivity index (χ0v) is 9.04. The summed E-state index contributed by atoms with van der Waals surface area (Å²) in [5.41, 5.74) is 5.56. The van der Waals surface area contributed by atoms with Crippen LogP contribution in [0.25, 0.3) is 0 Å². The van der Waals surface area contributed by atoms with Crippen LogP contribution in [-0.4, -0.2) is 25.6 Å². The van der Waals surface area contributed by atoms with Crippen LogP contribution in [0.3, 0.4) is 0 Å². The molecular weight excluding hydrogens is 204 g/mol. The first-order valence-electron chi connectivity index (χ1n) is 5.05. The Balaban J connectivity index is 1.94. The second kappa shape index (κ2) is 4.61. The summed E-state index contributed by atoms with van der Waals surface area (Å²) >= 11 is 0. The second-order valence-corrected chi connectivity index (χ2v) is 3.61. The summed E-state index contributed by atoms with van der Waals surface area (Å²) < 4.78 is 1.99. The van der Waals surface area contributed by atoms with E-state index in [4.69, 9.17) is 5.73 Å². The number of nitrogens with two attached hydrogens (primary N) is 1. The van der Waals surface area contributed by atoms with E-state index in [1.54, 1.807) is 24.8 Å². The molecule has 0 aliphatic heterocycles. The molecule has 0 saturated carbocycles. The number of aromatic nitrogens is 4. The highest BCUT2D eigenvalue weighted by molar-refractivity contribution is 5.35. The molecule has 3 N–H and O–H groups in total. The molecule has 0 bridgehead atoms. The highest BCUT2D eigenvalue weighted by Gasteiger charge is 2.04. The summed E-state index contributed by atoms with van der Waals surface area (Å²) in [6.07, 6.45) is 7.08. The molecule has 1 atom stereocenters. The second-order valence-electron chi connectivity index (χ2n) is 3.61. The van der Waals surface area contributed by atoms with Gasteiger partial charge in [0.2, 0.25) is 5.95 Å². The number of hydrogen-bond donors (Lipinski definition) is 2. The minimum absolute atomic E-state index is 0.205. The lowest BCUT2D eigenvalue weighted by Gasteiger charge is -2.14. The van der Waals surface area contributed by atoms with Crippen molar-refractivity contribution in [2.75, 3.05) is 11.1 Å². The van der Waals surface area contributed by atoms with Gasteiger partial charge in [-0.2, -0.15) is 4.98 Å². The van der Waals surface area contributed by atoms with Gasteiger partial charge in [0.05, 0.1) is 6.33 Å². The third-order valence-corrected chi connectivity index (χ3v) is 2.10. The molecule has 2 aromatic heterocycles. The van der Waals surface area contributed by atoms with E-state index in [1.165, 1.54) is 0 Å². The summed E-state index contributed by atoms with van der Waals surface area (Å²) in [7, 11) is 0.